The van der Waals surface area contributed by atoms with Crippen molar-refractivity contribution in [2.75, 3.05) is 9.80 Å². The highest BCUT2D eigenvalue weighted by atomic mass is 15.2. The Morgan fingerprint density at radius 3 is 1.08 bits per heavy atom. The van der Waals surface area contributed by atoms with Gasteiger partial charge in [-0.25, -0.2) is 0 Å². The largest absolute Gasteiger partial charge is 0.311 e. The lowest BCUT2D eigenvalue weighted by atomic mass is 9.33. The van der Waals surface area contributed by atoms with E-state index < -0.39 is 16.2 Å². The van der Waals surface area contributed by atoms with Crippen LogP contribution in [0.3, 0.4) is 0 Å². The number of hydrogen-bond donors (Lipinski definition) is 0. The van der Waals surface area contributed by atoms with Crippen LogP contribution in [0.5, 0.6) is 0 Å². The second-order valence-corrected chi connectivity index (χ2v) is 31.1. The summed E-state index contributed by atoms with van der Waals surface area (Å²) in [7, 11) is 0. The molecule has 26 rings (SSSR count). The zero-order valence-electron chi connectivity index (χ0n) is 59.2. The summed E-state index contributed by atoms with van der Waals surface area (Å²) in [5.74, 6) is 0. The summed E-state index contributed by atoms with van der Waals surface area (Å²) in [6, 6.07) is 146. The van der Waals surface area contributed by atoms with Gasteiger partial charge in [0.15, 0.2) is 0 Å². The van der Waals surface area contributed by atoms with Gasteiger partial charge in [-0.05, 0) is 210 Å². The van der Waals surface area contributed by atoms with Crippen LogP contribution < -0.4 is 26.2 Å². The number of rotatable bonds is 4. The first-order chi connectivity index (χ1) is 54.1. The molecule has 6 aliphatic carbocycles. The molecule has 0 atom stereocenters. The van der Waals surface area contributed by atoms with Gasteiger partial charge in [-0.15, -0.1) is 0 Å². The Hall–Kier alpha value is -13.8. The van der Waals surface area contributed by atoms with Crippen molar-refractivity contribution in [3.05, 3.63) is 443 Å². The van der Waals surface area contributed by atoms with Gasteiger partial charge in [-0.3, -0.25) is 0 Å². The first-order valence-corrected chi connectivity index (χ1v) is 38.4. The van der Waals surface area contributed by atoms with Crippen LogP contribution >= 0.6 is 0 Å². The maximum Gasteiger partial charge on any atom is 0.252 e. The van der Waals surface area contributed by atoms with E-state index in [4.69, 9.17) is 0 Å². The minimum absolute atomic E-state index is 0.273. The van der Waals surface area contributed by atoms with E-state index in [-0.39, 0.29) is 6.71 Å². The Labute approximate surface area is 631 Å². The molecule has 8 aliphatic rings. The summed E-state index contributed by atoms with van der Waals surface area (Å²) >= 11 is 0. The Balaban J connectivity index is 0.843. The van der Waals surface area contributed by atoms with Gasteiger partial charge in [0.1, 0.15) is 0 Å². The Morgan fingerprint density at radius 1 is 0.202 bits per heavy atom. The van der Waals surface area contributed by atoms with Gasteiger partial charge >= 0.3 is 0 Å². The molecular weight excluding hydrogens is 1310 g/mol. The molecule has 109 heavy (non-hydrogen) atoms. The van der Waals surface area contributed by atoms with Crippen LogP contribution in [-0.4, -0.2) is 11.3 Å². The summed E-state index contributed by atoms with van der Waals surface area (Å²) in [6.45, 7) is -0.273. The smallest absolute Gasteiger partial charge is 0.252 e. The predicted molar refractivity (Wildman–Crippen MR) is 449 cm³/mol. The lowest BCUT2D eigenvalue weighted by molar-refractivity contribution is 0.792. The molecule has 500 valence electrons. The topological polar surface area (TPSA) is 11.4 Å². The first-order valence-electron chi connectivity index (χ1n) is 38.4. The number of benzene rings is 17. The number of anilines is 6. The van der Waals surface area contributed by atoms with Crippen molar-refractivity contribution in [3.63, 3.8) is 0 Å². The van der Waals surface area contributed by atoms with Crippen molar-refractivity contribution in [3.8, 4) is 83.6 Å². The van der Waals surface area contributed by atoms with Gasteiger partial charge in [-0.1, -0.05) is 322 Å². The van der Waals surface area contributed by atoms with Crippen molar-refractivity contribution < 1.29 is 0 Å². The van der Waals surface area contributed by atoms with Gasteiger partial charge in [-0.2, -0.15) is 0 Å². The van der Waals surface area contributed by atoms with E-state index in [1.807, 2.05) is 0 Å². The zero-order valence-corrected chi connectivity index (χ0v) is 59.2. The average Bonchev–Trinajstić information content (AvgIpc) is 1.29. The second kappa shape index (κ2) is 20.8. The van der Waals surface area contributed by atoms with Crippen LogP contribution in [0.25, 0.3) is 105 Å². The van der Waals surface area contributed by atoms with Crippen LogP contribution in [0, 0.1) is 0 Å². The quantitative estimate of drug-likeness (QED) is 0.163. The van der Waals surface area contributed by atoms with Crippen molar-refractivity contribution in [1.82, 2.24) is 4.57 Å². The van der Waals surface area contributed by atoms with E-state index in [2.05, 4.69) is 390 Å². The number of para-hydroxylation sites is 2. The fourth-order valence-electron chi connectivity index (χ4n) is 22.8. The van der Waals surface area contributed by atoms with E-state index >= 15 is 0 Å². The van der Waals surface area contributed by atoms with Gasteiger partial charge in [0, 0.05) is 44.8 Å². The molecule has 17 aromatic carbocycles. The maximum atomic E-state index is 2.76. The van der Waals surface area contributed by atoms with Crippen LogP contribution in [0.15, 0.2) is 376 Å². The van der Waals surface area contributed by atoms with E-state index in [0.717, 1.165) is 45.2 Å². The third kappa shape index (κ3) is 6.96. The molecule has 4 heteroatoms. The molecule has 0 saturated carbocycles. The van der Waals surface area contributed by atoms with Crippen molar-refractivity contribution in [1.29, 1.82) is 0 Å². The van der Waals surface area contributed by atoms with Crippen molar-refractivity contribution in [2.45, 2.75) is 16.2 Å². The molecule has 3 spiro atoms. The Bertz CT molecular complexity index is 6950. The van der Waals surface area contributed by atoms with Crippen LogP contribution in [0.2, 0.25) is 0 Å². The lowest BCUT2D eigenvalue weighted by Crippen LogP contribution is -2.61. The Kier molecular flexibility index (Phi) is 11.2. The highest BCUT2D eigenvalue weighted by molar-refractivity contribution is 7.00. The Morgan fingerprint density at radius 2 is 0.587 bits per heavy atom. The van der Waals surface area contributed by atoms with E-state index in [0.29, 0.717) is 0 Å². The van der Waals surface area contributed by atoms with Crippen LogP contribution in [0.1, 0.15) is 66.8 Å². The molecule has 0 N–H and O–H groups in total. The van der Waals surface area contributed by atoms with Crippen LogP contribution in [0.4, 0.5) is 34.1 Å². The fraction of sp³-hybridized carbons (Fsp3) is 0.0286. The van der Waals surface area contributed by atoms with Gasteiger partial charge < -0.3 is 14.4 Å². The molecule has 0 bridgehead atoms. The van der Waals surface area contributed by atoms with E-state index in [1.165, 1.54) is 177 Å². The molecule has 0 radical (unpaired) electrons. The molecule has 2 aliphatic heterocycles. The molecule has 1 aromatic heterocycles. The highest BCUT2D eigenvalue weighted by Gasteiger charge is 2.58. The first kappa shape index (κ1) is 58.5. The molecule has 3 heterocycles. The monoisotopic (exact) mass is 1380 g/mol. The lowest BCUT2D eigenvalue weighted by Gasteiger charge is -2.46. The van der Waals surface area contributed by atoms with Crippen molar-refractivity contribution >= 4 is 79.0 Å². The van der Waals surface area contributed by atoms with Crippen LogP contribution in [-0.2, 0) is 16.2 Å². The zero-order chi connectivity index (χ0) is 70.7. The maximum absolute atomic E-state index is 2.76. The minimum atomic E-state index is -0.670. The predicted octanol–water partition coefficient (Wildman–Crippen LogP) is 23.6. The summed E-state index contributed by atoms with van der Waals surface area (Å²) < 4.78 is 2.58. The number of fused-ring (bicyclic) bond motifs is 37. The molecule has 18 aromatic rings. The number of nitrogens with zero attached hydrogens (tertiary/aromatic N) is 3. The molecule has 0 saturated heterocycles. The van der Waals surface area contributed by atoms with Gasteiger partial charge in [0.2, 0.25) is 0 Å². The number of hydrogen-bond acceptors (Lipinski definition) is 2. The van der Waals surface area contributed by atoms with Gasteiger partial charge in [0.25, 0.3) is 6.71 Å². The molecule has 0 fully saturated rings. The SMILES string of the molecule is c1ccc(-c2ccc3c(c2)B2c4cc5c(cc4N(c4ccc6c(c4)C4(c7ccccc7-c7ccccc74)c4ccccc4-6)c4cc(-n6c7ccccc7c7ccccc76)cc(c42)N3c2cccc3c2C2(c4ccccc4-c4ccccc42)c2ccccc2-3)C2(c3ccccc3-c3ccccc32)c2ccccc2-5)cc1. The fourth-order valence-corrected chi connectivity index (χ4v) is 22.8. The molecule has 0 amide bonds. The summed E-state index contributed by atoms with van der Waals surface area (Å²) in [5.41, 5.74) is 45.7. The molecule has 0 unspecified atom stereocenters. The summed E-state index contributed by atoms with van der Waals surface area (Å²) in [5, 5.41) is 2.44. The average molecular weight is 1380 g/mol. The minimum Gasteiger partial charge on any atom is -0.311 e. The third-order valence-electron chi connectivity index (χ3n) is 26.6. The molecular formula is C105H62BN3. The second-order valence-electron chi connectivity index (χ2n) is 31.1. The third-order valence-corrected chi connectivity index (χ3v) is 26.6. The van der Waals surface area contributed by atoms with Gasteiger partial charge in [0.05, 0.1) is 38.7 Å². The number of aromatic nitrogens is 1. The standard InChI is InChI=1S/C105H62BN3/c1-2-27-63(28-3-1)64-53-56-96-92(57-64)106-93-61-80-75-37-12-20-46-86(75)104(83-43-17-6-31-69(83)70-32-7-18-44-84(70)104)91(80)62-98(93)107(65-54-55-76-73-35-8-19-45-85(73)103(90(76)58-65)81-41-15-4-29-67(81)68-30-5-16-42-82(68)103)99-59-66(108-94-50-24-13-38-77(94)78-39-14-25-51-95(78)108)60-100(102(99)106)109(96)97-52-26-40-79-74-36-11-23-49-89(74)105(101(79)97)87-47-21-9-33-71(87)72-34-10-22-48-88(72)105/h1-62H. The van der Waals surface area contributed by atoms with E-state index in [9.17, 15) is 0 Å². The summed E-state index contributed by atoms with van der Waals surface area (Å²) in [6.07, 6.45) is 0. The highest BCUT2D eigenvalue weighted by Crippen LogP contribution is 2.69. The summed E-state index contributed by atoms with van der Waals surface area (Å²) in [4.78, 5) is 5.51. The van der Waals surface area contributed by atoms with Crippen molar-refractivity contribution in [2.24, 2.45) is 0 Å². The van der Waals surface area contributed by atoms with E-state index in [1.54, 1.807) is 0 Å². The normalized spacial score (nSPS) is 15.0. The molecule has 3 nitrogen and oxygen atoms in total.